The number of amidine groups is 1. The molecule has 102 valence electrons. The molecule has 0 atom stereocenters. The summed E-state index contributed by atoms with van der Waals surface area (Å²) in [6.45, 7) is 9.15. The molecule has 0 aliphatic rings. The van der Waals surface area contributed by atoms with Gasteiger partial charge in [-0.15, -0.1) is 0 Å². The summed E-state index contributed by atoms with van der Waals surface area (Å²) in [5.41, 5.74) is 7.81. The molecule has 3 N–H and O–H groups in total. The molecule has 1 heterocycles. The van der Waals surface area contributed by atoms with Gasteiger partial charge in [-0.25, -0.2) is 0 Å². The number of oxime groups is 1. The van der Waals surface area contributed by atoms with Crippen LogP contribution in [0.15, 0.2) is 11.2 Å². The van der Waals surface area contributed by atoms with Crippen LogP contribution < -0.4 is 5.73 Å². The lowest BCUT2D eigenvalue weighted by Crippen LogP contribution is -2.34. The predicted molar refractivity (Wildman–Crippen MR) is 71.6 cm³/mol. The molecule has 0 aliphatic carbocycles. The normalized spacial score (nSPS) is 12.3. The monoisotopic (exact) mass is 253 g/mol. The van der Waals surface area contributed by atoms with E-state index in [-0.39, 0.29) is 5.84 Å². The maximum Gasteiger partial charge on any atom is 0.153 e. The quantitative estimate of drug-likeness (QED) is 0.329. The zero-order valence-corrected chi connectivity index (χ0v) is 11.4. The van der Waals surface area contributed by atoms with Crippen molar-refractivity contribution in [3.05, 3.63) is 17.5 Å². The number of aromatic nitrogens is 2. The second-order valence-electron chi connectivity index (χ2n) is 4.19. The molecule has 18 heavy (non-hydrogen) atoms. The number of likely N-dealkylation sites (N-methyl/N-ethyl adjacent to an activating group) is 1. The smallest absolute Gasteiger partial charge is 0.153 e. The second kappa shape index (κ2) is 7.00. The SMILES string of the molecule is CCc1cc(CN(CC)CC(N)=NO)n(CC)n1. The Labute approximate surface area is 108 Å². The maximum atomic E-state index is 8.61. The summed E-state index contributed by atoms with van der Waals surface area (Å²) in [4.78, 5) is 2.11. The molecule has 1 rings (SSSR count). The molecule has 1 aromatic rings. The lowest BCUT2D eigenvalue weighted by atomic mass is 10.3. The van der Waals surface area contributed by atoms with Crippen LogP contribution in [0.4, 0.5) is 0 Å². The van der Waals surface area contributed by atoms with Crippen LogP contribution in [-0.2, 0) is 19.5 Å². The van der Waals surface area contributed by atoms with E-state index in [4.69, 9.17) is 10.9 Å². The molecule has 0 saturated heterocycles. The van der Waals surface area contributed by atoms with Gasteiger partial charge in [0.15, 0.2) is 5.84 Å². The van der Waals surface area contributed by atoms with Crippen molar-refractivity contribution in [1.29, 1.82) is 0 Å². The van der Waals surface area contributed by atoms with Crippen LogP contribution in [0.1, 0.15) is 32.2 Å². The first-order valence-corrected chi connectivity index (χ1v) is 6.38. The van der Waals surface area contributed by atoms with Crippen LogP contribution in [-0.4, -0.2) is 38.8 Å². The molecule has 0 fully saturated rings. The van der Waals surface area contributed by atoms with E-state index in [1.165, 1.54) is 5.69 Å². The van der Waals surface area contributed by atoms with Gasteiger partial charge in [-0.3, -0.25) is 9.58 Å². The molecular weight excluding hydrogens is 230 g/mol. The van der Waals surface area contributed by atoms with Gasteiger partial charge in [0.1, 0.15) is 0 Å². The molecule has 0 amide bonds. The van der Waals surface area contributed by atoms with Gasteiger partial charge in [0, 0.05) is 13.1 Å². The third-order valence-corrected chi connectivity index (χ3v) is 2.92. The molecule has 1 aromatic heterocycles. The first-order valence-electron chi connectivity index (χ1n) is 6.38. The maximum absolute atomic E-state index is 8.61. The van der Waals surface area contributed by atoms with Gasteiger partial charge in [0.05, 0.1) is 17.9 Å². The highest BCUT2D eigenvalue weighted by molar-refractivity contribution is 5.81. The fourth-order valence-corrected chi connectivity index (χ4v) is 1.86. The Morgan fingerprint density at radius 3 is 2.72 bits per heavy atom. The number of hydrogen-bond donors (Lipinski definition) is 2. The predicted octanol–water partition coefficient (Wildman–Crippen LogP) is 1.03. The van der Waals surface area contributed by atoms with Gasteiger partial charge in [-0.05, 0) is 26.0 Å². The average molecular weight is 253 g/mol. The van der Waals surface area contributed by atoms with E-state index in [0.29, 0.717) is 6.54 Å². The Morgan fingerprint density at radius 2 is 2.22 bits per heavy atom. The van der Waals surface area contributed by atoms with Crippen molar-refractivity contribution in [2.24, 2.45) is 10.9 Å². The fraction of sp³-hybridized carbons (Fsp3) is 0.667. The molecule has 0 aromatic carbocycles. The molecular formula is C12H23N5O. The average Bonchev–Trinajstić information content (AvgIpc) is 2.79. The van der Waals surface area contributed by atoms with E-state index < -0.39 is 0 Å². The molecule has 6 nitrogen and oxygen atoms in total. The Balaban J connectivity index is 2.77. The van der Waals surface area contributed by atoms with E-state index in [1.807, 2.05) is 4.68 Å². The zero-order chi connectivity index (χ0) is 13.5. The van der Waals surface area contributed by atoms with Gasteiger partial charge in [0.25, 0.3) is 0 Å². The third-order valence-electron chi connectivity index (χ3n) is 2.92. The van der Waals surface area contributed by atoms with Crippen molar-refractivity contribution < 1.29 is 5.21 Å². The van der Waals surface area contributed by atoms with Crippen molar-refractivity contribution in [2.45, 2.75) is 40.3 Å². The van der Waals surface area contributed by atoms with Crippen LogP contribution >= 0.6 is 0 Å². The first-order chi connectivity index (χ1) is 8.64. The Bertz CT molecular complexity index is 399. The van der Waals surface area contributed by atoms with E-state index in [2.05, 4.69) is 42.0 Å². The summed E-state index contributed by atoms with van der Waals surface area (Å²) in [5.74, 6) is 0.232. The molecule has 0 bridgehead atoms. The fourth-order valence-electron chi connectivity index (χ4n) is 1.86. The highest BCUT2D eigenvalue weighted by atomic mass is 16.4. The highest BCUT2D eigenvalue weighted by Gasteiger charge is 2.11. The van der Waals surface area contributed by atoms with Gasteiger partial charge >= 0.3 is 0 Å². The molecule has 6 heteroatoms. The van der Waals surface area contributed by atoms with Gasteiger partial charge in [-0.1, -0.05) is 19.0 Å². The number of rotatable bonds is 7. The van der Waals surface area contributed by atoms with E-state index in [1.54, 1.807) is 0 Å². The minimum atomic E-state index is 0.232. The Morgan fingerprint density at radius 1 is 1.50 bits per heavy atom. The van der Waals surface area contributed by atoms with E-state index in [9.17, 15) is 0 Å². The van der Waals surface area contributed by atoms with Crippen molar-refractivity contribution in [1.82, 2.24) is 14.7 Å². The van der Waals surface area contributed by atoms with Crippen LogP contribution in [0.25, 0.3) is 0 Å². The van der Waals surface area contributed by atoms with Crippen LogP contribution in [0.2, 0.25) is 0 Å². The summed E-state index contributed by atoms with van der Waals surface area (Å²) in [6.07, 6.45) is 0.937. The first kappa shape index (κ1) is 14.5. The summed E-state index contributed by atoms with van der Waals surface area (Å²) >= 11 is 0. The van der Waals surface area contributed by atoms with E-state index >= 15 is 0 Å². The largest absolute Gasteiger partial charge is 0.409 e. The standard InChI is InChI=1S/C12H23N5O/c1-4-10-7-11(17(6-3)14-10)8-16(5-2)9-12(13)15-18/h7,18H,4-6,8-9H2,1-3H3,(H2,13,15). The van der Waals surface area contributed by atoms with Gasteiger partial charge in [0.2, 0.25) is 0 Å². The minimum absolute atomic E-state index is 0.232. The number of aryl methyl sites for hydroxylation is 2. The highest BCUT2D eigenvalue weighted by Crippen LogP contribution is 2.09. The van der Waals surface area contributed by atoms with E-state index in [0.717, 1.165) is 31.7 Å². The Kier molecular flexibility index (Phi) is 5.64. The lowest BCUT2D eigenvalue weighted by Gasteiger charge is -2.19. The van der Waals surface area contributed by atoms with Gasteiger partial charge in [-0.2, -0.15) is 5.10 Å². The summed E-state index contributed by atoms with van der Waals surface area (Å²) in [6, 6.07) is 2.12. The number of nitrogens with two attached hydrogens (primary N) is 1. The van der Waals surface area contributed by atoms with Crippen LogP contribution in [0.3, 0.4) is 0 Å². The second-order valence-corrected chi connectivity index (χ2v) is 4.19. The minimum Gasteiger partial charge on any atom is -0.409 e. The number of nitrogens with zero attached hydrogens (tertiary/aromatic N) is 4. The third kappa shape index (κ3) is 3.73. The van der Waals surface area contributed by atoms with Crippen molar-refractivity contribution >= 4 is 5.84 Å². The summed E-state index contributed by atoms with van der Waals surface area (Å²) in [5, 5.41) is 16.1. The molecule has 0 aliphatic heterocycles. The van der Waals surface area contributed by atoms with Crippen LogP contribution in [0.5, 0.6) is 0 Å². The number of hydrogen-bond acceptors (Lipinski definition) is 4. The van der Waals surface area contributed by atoms with Crippen LogP contribution in [0, 0.1) is 0 Å². The molecule has 0 spiro atoms. The summed E-state index contributed by atoms with van der Waals surface area (Å²) in [7, 11) is 0. The zero-order valence-electron chi connectivity index (χ0n) is 11.4. The van der Waals surface area contributed by atoms with Crippen molar-refractivity contribution in [3.8, 4) is 0 Å². The van der Waals surface area contributed by atoms with Gasteiger partial charge < -0.3 is 10.9 Å². The summed E-state index contributed by atoms with van der Waals surface area (Å²) < 4.78 is 2.01. The topological polar surface area (TPSA) is 79.7 Å². The van der Waals surface area contributed by atoms with Crippen molar-refractivity contribution in [2.75, 3.05) is 13.1 Å². The lowest BCUT2D eigenvalue weighted by molar-refractivity contribution is 0.289. The Hall–Kier alpha value is -1.56. The molecule has 0 unspecified atom stereocenters. The van der Waals surface area contributed by atoms with Crippen molar-refractivity contribution in [3.63, 3.8) is 0 Å². The molecule has 0 saturated carbocycles. The molecule has 0 radical (unpaired) electrons.